The van der Waals surface area contributed by atoms with E-state index in [9.17, 15) is 0 Å². The molecule has 0 unspecified atom stereocenters. The van der Waals surface area contributed by atoms with Crippen molar-refractivity contribution in [1.29, 1.82) is 0 Å². The minimum absolute atomic E-state index is 0.892. The molecule has 0 aromatic carbocycles. The Morgan fingerprint density at radius 3 is 1.04 bits per heavy atom. The van der Waals surface area contributed by atoms with Gasteiger partial charge in [-0.1, -0.05) is 25.7 Å². The maximum absolute atomic E-state index is 5.44. The number of hydrogen-bond acceptors (Lipinski definition) is 7. The SMILES string of the molecule is CO[Si](CCCCCCNCCCCCC[Si](OC)(OC)OC)(OC)OC. The van der Waals surface area contributed by atoms with Gasteiger partial charge in [0.2, 0.25) is 0 Å². The molecule has 0 aliphatic rings. The molecule has 0 radical (unpaired) electrons. The molecule has 0 bridgehead atoms. The molecule has 7 nitrogen and oxygen atoms in total. The van der Waals surface area contributed by atoms with Gasteiger partial charge in [-0.2, -0.15) is 0 Å². The number of unbranched alkanes of at least 4 members (excludes halogenated alkanes) is 6. The van der Waals surface area contributed by atoms with Gasteiger partial charge in [0.1, 0.15) is 0 Å². The first-order valence-corrected chi connectivity index (χ1v) is 14.0. The summed E-state index contributed by atoms with van der Waals surface area (Å²) in [5.74, 6) is 0. The van der Waals surface area contributed by atoms with E-state index < -0.39 is 17.6 Å². The van der Waals surface area contributed by atoms with Crippen molar-refractivity contribution in [2.24, 2.45) is 0 Å². The van der Waals surface area contributed by atoms with Gasteiger partial charge in [0.05, 0.1) is 0 Å². The number of nitrogens with one attached hydrogen (secondary N) is 1. The molecule has 0 atom stereocenters. The van der Waals surface area contributed by atoms with Crippen molar-refractivity contribution >= 4 is 17.6 Å². The van der Waals surface area contributed by atoms with Crippen LogP contribution in [0.4, 0.5) is 0 Å². The lowest BCUT2D eigenvalue weighted by Gasteiger charge is -2.24. The largest absolute Gasteiger partial charge is 0.500 e. The van der Waals surface area contributed by atoms with Gasteiger partial charge in [-0.3, -0.25) is 0 Å². The quantitative estimate of drug-likeness (QED) is 0.237. The second-order valence-electron chi connectivity index (χ2n) is 6.67. The van der Waals surface area contributed by atoms with Crippen LogP contribution >= 0.6 is 0 Å². The van der Waals surface area contributed by atoms with Gasteiger partial charge in [-0.15, -0.1) is 0 Å². The van der Waals surface area contributed by atoms with Crippen LogP contribution in [0.25, 0.3) is 0 Å². The zero-order valence-corrected chi connectivity index (χ0v) is 20.4. The van der Waals surface area contributed by atoms with Gasteiger partial charge in [0.15, 0.2) is 0 Å². The normalized spacial score (nSPS) is 12.7. The maximum atomic E-state index is 5.44. The van der Waals surface area contributed by atoms with Crippen LogP contribution in [0.15, 0.2) is 0 Å². The Balaban J connectivity index is 3.46. The molecule has 0 aromatic rings. The van der Waals surface area contributed by atoms with E-state index in [0.717, 1.165) is 38.0 Å². The van der Waals surface area contributed by atoms with Crippen LogP contribution in [-0.2, 0) is 26.6 Å². The highest BCUT2D eigenvalue weighted by atomic mass is 28.4. The number of hydrogen-bond donors (Lipinski definition) is 1. The van der Waals surface area contributed by atoms with Crippen LogP contribution in [0.3, 0.4) is 0 Å². The molecule has 0 saturated carbocycles. The minimum Gasteiger partial charge on any atom is -0.377 e. The molecule has 0 aromatic heterocycles. The lowest BCUT2D eigenvalue weighted by molar-refractivity contribution is 0.122. The topological polar surface area (TPSA) is 67.4 Å². The lowest BCUT2D eigenvalue weighted by Crippen LogP contribution is -2.42. The Bertz CT molecular complexity index is 284. The summed E-state index contributed by atoms with van der Waals surface area (Å²) in [7, 11) is 5.31. The lowest BCUT2D eigenvalue weighted by atomic mass is 10.2. The van der Waals surface area contributed by atoms with Crippen molar-refractivity contribution in [1.82, 2.24) is 5.32 Å². The molecule has 0 spiro atoms. The van der Waals surface area contributed by atoms with Gasteiger partial charge in [0, 0.05) is 54.7 Å². The predicted octanol–water partition coefficient (Wildman–Crippen LogP) is 3.45. The fourth-order valence-electron chi connectivity index (χ4n) is 3.13. The average Bonchev–Trinajstić information content (AvgIpc) is 2.72. The Kier molecular flexibility index (Phi) is 17.1. The molecule has 0 aliphatic heterocycles. The zero-order valence-electron chi connectivity index (χ0n) is 18.4. The second-order valence-corrected chi connectivity index (χ2v) is 12.9. The van der Waals surface area contributed by atoms with Gasteiger partial charge >= 0.3 is 17.6 Å². The van der Waals surface area contributed by atoms with Gasteiger partial charge in [-0.05, 0) is 38.8 Å². The Morgan fingerprint density at radius 2 is 0.741 bits per heavy atom. The third-order valence-corrected chi connectivity index (χ3v) is 10.7. The fourth-order valence-corrected chi connectivity index (χ4v) is 6.72. The molecule has 0 aliphatic carbocycles. The van der Waals surface area contributed by atoms with E-state index in [2.05, 4.69) is 5.32 Å². The van der Waals surface area contributed by atoms with E-state index in [1.54, 1.807) is 42.7 Å². The van der Waals surface area contributed by atoms with E-state index in [1.165, 1.54) is 38.5 Å². The first-order valence-electron chi connectivity index (χ1n) is 10.1. The van der Waals surface area contributed by atoms with Crippen LogP contribution in [0.1, 0.15) is 51.4 Å². The monoisotopic (exact) mass is 425 g/mol. The van der Waals surface area contributed by atoms with Crippen LogP contribution < -0.4 is 5.32 Å². The summed E-state index contributed by atoms with van der Waals surface area (Å²) in [4.78, 5) is 0. The summed E-state index contributed by atoms with van der Waals surface area (Å²) >= 11 is 0. The van der Waals surface area contributed by atoms with Gasteiger partial charge < -0.3 is 31.9 Å². The third-order valence-electron chi connectivity index (χ3n) is 5.04. The van der Waals surface area contributed by atoms with Gasteiger partial charge in [-0.25, -0.2) is 0 Å². The van der Waals surface area contributed by atoms with E-state index in [-0.39, 0.29) is 0 Å². The molecule has 164 valence electrons. The molecule has 0 fully saturated rings. The highest BCUT2D eigenvalue weighted by Crippen LogP contribution is 2.18. The molecular weight excluding hydrogens is 382 g/mol. The van der Waals surface area contributed by atoms with Crippen LogP contribution in [0, 0.1) is 0 Å². The molecule has 0 amide bonds. The molecule has 0 saturated heterocycles. The smallest absolute Gasteiger partial charge is 0.377 e. The number of rotatable bonds is 20. The Morgan fingerprint density at radius 1 is 0.444 bits per heavy atom. The standard InChI is InChI=1S/C18H43NO6Si2/c1-20-26(21-2,22-3)17-13-9-7-11-15-19-16-12-8-10-14-18-27(23-4,24-5)25-6/h19H,7-18H2,1-6H3. The zero-order chi connectivity index (χ0) is 20.4. The van der Waals surface area contributed by atoms with E-state index >= 15 is 0 Å². The maximum Gasteiger partial charge on any atom is 0.500 e. The Labute approximate surface area is 169 Å². The van der Waals surface area contributed by atoms with Crippen molar-refractivity contribution in [2.75, 3.05) is 55.7 Å². The van der Waals surface area contributed by atoms with Crippen LogP contribution in [0.2, 0.25) is 12.1 Å². The van der Waals surface area contributed by atoms with E-state index in [1.807, 2.05) is 0 Å². The van der Waals surface area contributed by atoms with Crippen molar-refractivity contribution in [3.05, 3.63) is 0 Å². The fraction of sp³-hybridized carbons (Fsp3) is 1.00. The molecule has 0 rings (SSSR count). The summed E-state index contributed by atoms with van der Waals surface area (Å²) in [5.41, 5.74) is 0. The molecular formula is C18H43NO6Si2. The highest BCUT2D eigenvalue weighted by molar-refractivity contribution is 6.60. The van der Waals surface area contributed by atoms with Crippen LogP contribution in [0.5, 0.6) is 0 Å². The predicted molar refractivity (Wildman–Crippen MR) is 113 cm³/mol. The van der Waals surface area contributed by atoms with Crippen molar-refractivity contribution in [2.45, 2.75) is 63.5 Å². The first-order chi connectivity index (χ1) is 13.1. The summed E-state index contributed by atoms with van der Waals surface area (Å²) in [5, 5.41) is 3.54. The first kappa shape index (κ1) is 27.2. The average molecular weight is 426 g/mol. The Hall–Kier alpha value is 0.154. The summed E-state index contributed by atoms with van der Waals surface area (Å²) < 4.78 is 32.6. The van der Waals surface area contributed by atoms with Crippen LogP contribution in [-0.4, -0.2) is 73.4 Å². The third kappa shape index (κ3) is 11.7. The molecule has 27 heavy (non-hydrogen) atoms. The van der Waals surface area contributed by atoms with Crippen molar-refractivity contribution < 1.29 is 26.6 Å². The highest BCUT2D eigenvalue weighted by Gasteiger charge is 2.37. The molecule has 9 heteroatoms. The molecule has 0 heterocycles. The summed E-state index contributed by atoms with van der Waals surface area (Å²) in [6.45, 7) is 2.18. The van der Waals surface area contributed by atoms with E-state index in [0.29, 0.717) is 0 Å². The minimum atomic E-state index is -2.37. The van der Waals surface area contributed by atoms with Gasteiger partial charge in [0.25, 0.3) is 0 Å². The summed E-state index contributed by atoms with van der Waals surface area (Å²) in [6, 6.07) is 1.78. The second kappa shape index (κ2) is 17.0. The van der Waals surface area contributed by atoms with E-state index in [4.69, 9.17) is 26.6 Å². The molecule has 1 N–H and O–H groups in total. The summed E-state index contributed by atoms with van der Waals surface area (Å²) in [6.07, 6.45) is 9.45. The van der Waals surface area contributed by atoms with Crippen molar-refractivity contribution in [3.63, 3.8) is 0 Å². The van der Waals surface area contributed by atoms with Crippen molar-refractivity contribution in [3.8, 4) is 0 Å².